The number of unbranched alkanes of at least 4 members (excludes halogenated alkanes) is 1. The number of imide groups is 1. The van der Waals surface area contributed by atoms with Gasteiger partial charge < -0.3 is 4.90 Å². The van der Waals surface area contributed by atoms with Crippen molar-refractivity contribution in [1.29, 1.82) is 0 Å². The van der Waals surface area contributed by atoms with Crippen LogP contribution in [0.4, 0.5) is 5.13 Å². The summed E-state index contributed by atoms with van der Waals surface area (Å²) in [4.78, 5) is 35.7. The Hall–Kier alpha value is -1.47. The van der Waals surface area contributed by atoms with Crippen LogP contribution in [0.25, 0.3) is 0 Å². The van der Waals surface area contributed by atoms with E-state index < -0.39 is 0 Å². The maximum atomic E-state index is 12.2. The van der Waals surface area contributed by atoms with Crippen molar-refractivity contribution in [3.8, 4) is 0 Å². The second-order valence-electron chi connectivity index (χ2n) is 10.3. The van der Waals surface area contributed by atoms with E-state index in [4.69, 9.17) is 4.98 Å². The molecule has 2 amide bonds. The van der Waals surface area contributed by atoms with E-state index in [-0.39, 0.29) is 22.6 Å². The zero-order valence-corrected chi connectivity index (χ0v) is 19.5. The summed E-state index contributed by atoms with van der Waals surface area (Å²) < 4.78 is 0. The molecule has 0 aliphatic carbocycles. The average molecular weight is 421 g/mol. The van der Waals surface area contributed by atoms with E-state index in [0.29, 0.717) is 19.4 Å². The molecule has 1 aromatic heterocycles. The first kappa shape index (κ1) is 22.2. The molecular weight excluding hydrogens is 384 g/mol. The molecule has 0 unspecified atom stereocenters. The van der Waals surface area contributed by atoms with E-state index in [1.165, 1.54) is 10.6 Å². The van der Waals surface area contributed by atoms with Gasteiger partial charge in [-0.2, -0.15) is 0 Å². The highest BCUT2D eigenvalue weighted by Gasteiger charge is 2.36. The second-order valence-corrected chi connectivity index (χ2v) is 11.1. The summed E-state index contributed by atoms with van der Waals surface area (Å²) in [6, 6.07) is 0. The highest BCUT2D eigenvalue weighted by atomic mass is 32.1. The number of amides is 2. The van der Waals surface area contributed by atoms with Gasteiger partial charge in [-0.15, -0.1) is 11.3 Å². The first-order valence-corrected chi connectivity index (χ1v) is 11.7. The molecular formula is C22H36N4O2S. The van der Waals surface area contributed by atoms with Crippen LogP contribution in [-0.2, 0) is 15.0 Å². The van der Waals surface area contributed by atoms with Gasteiger partial charge in [0.1, 0.15) is 0 Å². The topological polar surface area (TPSA) is 56.8 Å². The largest absolute Gasteiger partial charge is 0.346 e. The Morgan fingerprint density at radius 3 is 2.14 bits per heavy atom. The zero-order chi connectivity index (χ0) is 21.2. The van der Waals surface area contributed by atoms with Gasteiger partial charge in [0.25, 0.3) is 0 Å². The molecule has 0 bridgehead atoms. The van der Waals surface area contributed by atoms with Crippen molar-refractivity contribution in [2.24, 2.45) is 5.41 Å². The number of carbonyl (C=O) groups is 2. The molecule has 2 saturated heterocycles. The van der Waals surface area contributed by atoms with Crippen LogP contribution in [0.5, 0.6) is 0 Å². The lowest BCUT2D eigenvalue weighted by molar-refractivity contribution is -0.152. The molecule has 0 atom stereocenters. The smallest absolute Gasteiger partial charge is 0.229 e. The first-order chi connectivity index (χ1) is 13.5. The van der Waals surface area contributed by atoms with Crippen LogP contribution in [0, 0.1) is 5.41 Å². The van der Waals surface area contributed by atoms with Gasteiger partial charge in [0.15, 0.2) is 5.13 Å². The molecule has 0 aromatic carbocycles. The van der Waals surface area contributed by atoms with Crippen LogP contribution in [0.15, 0.2) is 5.38 Å². The summed E-state index contributed by atoms with van der Waals surface area (Å²) in [6.45, 7) is 16.3. The number of piperazine rings is 1. The van der Waals surface area contributed by atoms with Crippen molar-refractivity contribution in [2.75, 3.05) is 44.2 Å². The van der Waals surface area contributed by atoms with E-state index in [1.54, 1.807) is 11.3 Å². The summed E-state index contributed by atoms with van der Waals surface area (Å²) in [5, 5.41) is 3.33. The Kier molecular flexibility index (Phi) is 6.68. The fourth-order valence-electron chi connectivity index (χ4n) is 3.98. The third-order valence-corrected chi connectivity index (χ3v) is 6.77. The molecule has 3 rings (SSSR count). The van der Waals surface area contributed by atoms with Gasteiger partial charge in [-0.3, -0.25) is 19.4 Å². The predicted octanol–water partition coefficient (Wildman–Crippen LogP) is 3.52. The molecule has 0 spiro atoms. The number of rotatable bonds is 6. The Morgan fingerprint density at radius 1 is 1.00 bits per heavy atom. The Bertz CT molecular complexity index is 709. The summed E-state index contributed by atoms with van der Waals surface area (Å²) in [5.74, 6) is -0.00382. The predicted molar refractivity (Wildman–Crippen MR) is 118 cm³/mol. The van der Waals surface area contributed by atoms with Crippen molar-refractivity contribution in [3.63, 3.8) is 0 Å². The lowest BCUT2D eigenvalue weighted by Crippen LogP contribution is -2.47. The van der Waals surface area contributed by atoms with Crippen LogP contribution >= 0.6 is 11.3 Å². The number of hydrogen-bond donors (Lipinski definition) is 0. The Balaban J connectivity index is 1.37. The molecule has 2 aliphatic rings. The van der Waals surface area contributed by atoms with Crippen LogP contribution in [0.1, 0.15) is 66.0 Å². The van der Waals surface area contributed by atoms with E-state index in [1.807, 2.05) is 13.8 Å². The van der Waals surface area contributed by atoms with E-state index in [0.717, 1.165) is 50.7 Å². The van der Waals surface area contributed by atoms with Crippen LogP contribution in [0.3, 0.4) is 0 Å². The van der Waals surface area contributed by atoms with Crippen LogP contribution in [0.2, 0.25) is 0 Å². The SMILES string of the molecule is CC1(C)CC(=O)N(CCCCN2CCN(c3nc(C(C)(C)C)cs3)CC2)C(=O)C1. The van der Waals surface area contributed by atoms with Crippen LogP contribution in [-0.4, -0.2) is 65.9 Å². The molecule has 29 heavy (non-hydrogen) atoms. The molecule has 162 valence electrons. The van der Waals surface area contributed by atoms with Gasteiger partial charge >= 0.3 is 0 Å². The number of likely N-dealkylation sites (tertiary alicyclic amines) is 1. The number of aromatic nitrogens is 1. The summed E-state index contributed by atoms with van der Waals surface area (Å²) in [7, 11) is 0. The standard InChI is InChI=1S/C22H36N4O2S/c1-21(2,3)17-16-29-20(23-17)25-12-10-24(11-13-25)8-6-7-9-26-18(27)14-22(4,5)15-19(26)28/h16H,6-15H2,1-5H3. The molecule has 3 heterocycles. The summed E-state index contributed by atoms with van der Waals surface area (Å²) in [5.41, 5.74) is 1.09. The highest BCUT2D eigenvalue weighted by molar-refractivity contribution is 7.13. The van der Waals surface area contributed by atoms with E-state index in [2.05, 4.69) is 36.0 Å². The fourth-order valence-corrected chi connectivity index (χ4v) is 5.09. The van der Waals surface area contributed by atoms with Crippen molar-refractivity contribution in [2.45, 2.75) is 65.7 Å². The van der Waals surface area contributed by atoms with E-state index >= 15 is 0 Å². The minimum atomic E-state index is -0.185. The quantitative estimate of drug-likeness (QED) is 0.521. The Labute approximate surface area is 179 Å². The summed E-state index contributed by atoms with van der Waals surface area (Å²) in [6.07, 6.45) is 2.87. The molecule has 2 aliphatic heterocycles. The van der Waals surface area contributed by atoms with Crippen molar-refractivity contribution in [3.05, 3.63) is 11.1 Å². The monoisotopic (exact) mass is 420 g/mol. The fraction of sp³-hybridized carbons (Fsp3) is 0.773. The third-order valence-electron chi connectivity index (χ3n) is 5.87. The van der Waals surface area contributed by atoms with Gasteiger partial charge in [0.2, 0.25) is 11.8 Å². The van der Waals surface area contributed by atoms with Gasteiger partial charge in [0, 0.05) is 56.4 Å². The minimum absolute atomic E-state index is 0.00191. The molecule has 2 fully saturated rings. The number of nitrogens with zero attached hydrogens (tertiary/aromatic N) is 4. The minimum Gasteiger partial charge on any atom is -0.346 e. The number of thiazole rings is 1. The molecule has 7 heteroatoms. The molecule has 1 aromatic rings. The zero-order valence-electron chi connectivity index (χ0n) is 18.7. The number of anilines is 1. The molecule has 6 nitrogen and oxygen atoms in total. The van der Waals surface area contributed by atoms with Gasteiger partial charge in [-0.05, 0) is 24.8 Å². The number of piperidine rings is 1. The average Bonchev–Trinajstić information content (AvgIpc) is 3.10. The highest BCUT2D eigenvalue weighted by Crippen LogP contribution is 2.32. The number of carbonyl (C=O) groups excluding carboxylic acids is 2. The summed E-state index contributed by atoms with van der Waals surface area (Å²) >= 11 is 1.75. The van der Waals surface area contributed by atoms with Crippen LogP contribution < -0.4 is 4.90 Å². The normalized spacial score (nSPS) is 21.1. The van der Waals surface area contributed by atoms with Gasteiger partial charge in [-0.1, -0.05) is 34.6 Å². The third kappa shape index (κ3) is 5.79. The van der Waals surface area contributed by atoms with Gasteiger partial charge in [0.05, 0.1) is 5.69 Å². The second kappa shape index (κ2) is 8.72. The van der Waals surface area contributed by atoms with Gasteiger partial charge in [-0.25, -0.2) is 4.98 Å². The maximum absolute atomic E-state index is 12.2. The van der Waals surface area contributed by atoms with E-state index in [9.17, 15) is 9.59 Å². The first-order valence-electron chi connectivity index (χ1n) is 10.8. The van der Waals surface area contributed by atoms with Crippen molar-refractivity contribution in [1.82, 2.24) is 14.8 Å². The lowest BCUT2D eigenvalue weighted by atomic mass is 9.82. The van der Waals surface area contributed by atoms with Crippen molar-refractivity contribution < 1.29 is 9.59 Å². The maximum Gasteiger partial charge on any atom is 0.229 e. The lowest BCUT2D eigenvalue weighted by Gasteiger charge is -2.35. The molecule has 0 saturated carbocycles. The Morgan fingerprint density at radius 2 is 1.59 bits per heavy atom. The number of hydrogen-bond acceptors (Lipinski definition) is 6. The molecule has 0 radical (unpaired) electrons. The molecule has 0 N–H and O–H groups in total. The van der Waals surface area contributed by atoms with Crippen molar-refractivity contribution >= 4 is 28.3 Å².